The topological polar surface area (TPSA) is 46.2 Å². The van der Waals surface area contributed by atoms with Crippen LogP contribution in [-0.4, -0.2) is 15.0 Å². The largest absolute Gasteiger partial charge is 0.241 e. The van der Waals surface area contributed by atoms with Crippen LogP contribution >= 0.6 is 31.9 Å². The summed E-state index contributed by atoms with van der Waals surface area (Å²) in [5.74, 6) is 0.494. The van der Waals surface area contributed by atoms with Gasteiger partial charge in [-0.1, -0.05) is 28.8 Å². The van der Waals surface area contributed by atoms with Crippen molar-refractivity contribution < 1.29 is 8.42 Å². The molecule has 0 aromatic heterocycles. The van der Waals surface area contributed by atoms with Gasteiger partial charge in [-0.05, 0) is 52.9 Å². The van der Waals surface area contributed by atoms with Crippen LogP contribution in [0.5, 0.6) is 0 Å². The van der Waals surface area contributed by atoms with Gasteiger partial charge in [0.25, 0.3) is 0 Å². The second-order valence-electron chi connectivity index (χ2n) is 4.58. The summed E-state index contributed by atoms with van der Waals surface area (Å²) in [7, 11) is -3.41. The van der Waals surface area contributed by atoms with Crippen LogP contribution in [0.15, 0.2) is 32.0 Å². The highest BCUT2D eigenvalue weighted by atomic mass is 79.9. The molecule has 6 heteroatoms. The Hall–Kier alpha value is 0.0900. The van der Waals surface area contributed by atoms with Gasteiger partial charge in [0, 0.05) is 15.5 Å². The van der Waals surface area contributed by atoms with Crippen molar-refractivity contribution in [2.24, 2.45) is 5.92 Å². The minimum Gasteiger partial charge on any atom is -0.211 e. The Morgan fingerprint density at radius 3 is 2.50 bits per heavy atom. The molecule has 0 unspecified atom stereocenters. The molecule has 18 heavy (non-hydrogen) atoms. The fourth-order valence-corrected chi connectivity index (χ4v) is 5.07. The molecule has 3 nitrogen and oxygen atoms in total. The smallest absolute Gasteiger partial charge is 0.211 e. The number of benzene rings is 1. The van der Waals surface area contributed by atoms with Gasteiger partial charge in [0.1, 0.15) is 0 Å². The van der Waals surface area contributed by atoms with Crippen LogP contribution in [0.2, 0.25) is 0 Å². The van der Waals surface area contributed by atoms with Gasteiger partial charge in [0.15, 0.2) is 0 Å². The molecule has 0 aliphatic heterocycles. The van der Waals surface area contributed by atoms with E-state index in [-0.39, 0.29) is 0 Å². The predicted octanol–water partition coefficient (Wildman–Crippen LogP) is 3.68. The molecule has 0 heterocycles. The first-order chi connectivity index (χ1) is 8.49. The van der Waals surface area contributed by atoms with Crippen molar-refractivity contribution in [3.8, 4) is 0 Å². The van der Waals surface area contributed by atoms with Gasteiger partial charge in [-0.15, -0.1) is 0 Å². The summed E-state index contributed by atoms with van der Waals surface area (Å²) in [6.45, 7) is 0.546. The second kappa shape index (κ2) is 6.03. The maximum atomic E-state index is 12.2. The minimum absolute atomic E-state index is 0.295. The van der Waals surface area contributed by atoms with E-state index in [2.05, 4.69) is 36.6 Å². The molecular formula is C12H15Br2NO2S. The van der Waals surface area contributed by atoms with Crippen molar-refractivity contribution >= 4 is 41.9 Å². The highest BCUT2D eigenvalue weighted by Gasteiger charge is 2.21. The van der Waals surface area contributed by atoms with Crippen LogP contribution in [0.3, 0.4) is 0 Å². The zero-order valence-electron chi connectivity index (χ0n) is 9.83. The molecule has 100 valence electrons. The zero-order chi connectivity index (χ0) is 13.2. The molecule has 0 atom stereocenters. The van der Waals surface area contributed by atoms with E-state index in [1.165, 1.54) is 12.8 Å². The van der Waals surface area contributed by atoms with E-state index < -0.39 is 10.0 Å². The van der Waals surface area contributed by atoms with Crippen LogP contribution < -0.4 is 4.72 Å². The van der Waals surface area contributed by atoms with Crippen LogP contribution in [0.4, 0.5) is 0 Å². The summed E-state index contributed by atoms with van der Waals surface area (Å²) in [6.07, 6.45) is 4.69. The lowest BCUT2D eigenvalue weighted by Crippen LogP contribution is -2.28. The van der Waals surface area contributed by atoms with E-state index in [9.17, 15) is 8.42 Å². The van der Waals surface area contributed by atoms with Crippen LogP contribution in [-0.2, 0) is 10.0 Å². The standard InChI is InChI=1S/C12H15Br2NO2S/c13-10-5-6-12(11(14)7-10)18(16,17)15-8-9-3-1-2-4-9/h5-7,9,15H,1-4,8H2. The fraction of sp³-hybridized carbons (Fsp3) is 0.500. The summed E-state index contributed by atoms with van der Waals surface area (Å²) in [4.78, 5) is 0.295. The Morgan fingerprint density at radius 2 is 1.89 bits per heavy atom. The lowest BCUT2D eigenvalue weighted by Gasteiger charge is -2.12. The summed E-state index contributed by atoms with van der Waals surface area (Å²) in [6, 6.07) is 5.07. The lowest BCUT2D eigenvalue weighted by molar-refractivity contribution is 0.519. The number of hydrogen-bond acceptors (Lipinski definition) is 2. The number of halogens is 2. The molecule has 0 radical (unpaired) electrons. The second-order valence-corrected chi connectivity index (χ2v) is 8.08. The molecule has 1 aliphatic carbocycles. The zero-order valence-corrected chi connectivity index (χ0v) is 13.8. The summed E-state index contributed by atoms with van der Waals surface area (Å²) >= 11 is 6.60. The van der Waals surface area contributed by atoms with Crippen LogP contribution in [0.25, 0.3) is 0 Å². The van der Waals surface area contributed by atoms with Gasteiger partial charge in [0.05, 0.1) is 4.90 Å². The first-order valence-corrected chi connectivity index (χ1v) is 9.01. The Balaban J connectivity index is 2.09. The molecule has 0 bridgehead atoms. The van der Waals surface area contributed by atoms with Gasteiger partial charge in [0.2, 0.25) is 10.0 Å². The SMILES string of the molecule is O=S(=O)(NCC1CCCC1)c1ccc(Br)cc1Br. The molecule has 1 N–H and O–H groups in total. The molecule has 2 rings (SSSR count). The summed E-state index contributed by atoms with van der Waals surface area (Å²) < 4.78 is 28.5. The Bertz CT molecular complexity index is 525. The van der Waals surface area contributed by atoms with Gasteiger partial charge in [-0.3, -0.25) is 0 Å². The van der Waals surface area contributed by atoms with Crippen molar-refractivity contribution in [3.05, 3.63) is 27.1 Å². The van der Waals surface area contributed by atoms with E-state index in [4.69, 9.17) is 0 Å². The van der Waals surface area contributed by atoms with Gasteiger partial charge in [-0.25, -0.2) is 13.1 Å². The van der Waals surface area contributed by atoms with E-state index in [0.29, 0.717) is 21.8 Å². The molecule has 0 spiro atoms. The first-order valence-electron chi connectivity index (χ1n) is 5.94. The van der Waals surface area contributed by atoms with Gasteiger partial charge < -0.3 is 0 Å². The molecule has 0 amide bonds. The van der Waals surface area contributed by atoms with Crippen molar-refractivity contribution in [1.82, 2.24) is 4.72 Å². The summed E-state index contributed by atoms with van der Waals surface area (Å²) in [5.41, 5.74) is 0. The minimum atomic E-state index is -3.41. The highest BCUT2D eigenvalue weighted by molar-refractivity contribution is 9.11. The highest BCUT2D eigenvalue weighted by Crippen LogP contribution is 2.27. The van der Waals surface area contributed by atoms with Crippen molar-refractivity contribution in [2.75, 3.05) is 6.54 Å². The van der Waals surface area contributed by atoms with E-state index >= 15 is 0 Å². The average Bonchev–Trinajstić information content (AvgIpc) is 2.78. The maximum Gasteiger partial charge on any atom is 0.241 e. The van der Waals surface area contributed by atoms with Crippen LogP contribution in [0, 0.1) is 5.92 Å². The van der Waals surface area contributed by atoms with Crippen molar-refractivity contribution in [1.29, 1.82) is 0 Å². The third-order valence-electron chi connectivity index (χ3n) is 3.22. The Labute approximate surface area is 125 Å². The van der Waals surface area contributed by atoms with E-state index in [1.54, 1.807) is 18.2 Å². The van der Waals surface area contributed by atoms with Crippen molar-refractivity contribution in [3.63, 3.8) is 0 Å². The molecule has 1 fully saturated rings. The molecule has 1 saturated carbocycles. The third kappa shape index (κ3) is 3.56. The van der Waals surface area contributed by atoms with Crippen LogP contribution in [0.1, 0.15) is 25.7 Å². The average molecular weight is 397 g/mol. The Morgan fingerprint density at radius 1 is 1.22 bits per heavy atom. The normalized spacial score (nSPS) is 17.2. The molecule has 1 aliphatic rings. The lowest BCUT2D eigenvalue weighted by atomic mass is 10.1. The number of sulfonamides is 1. The van der Waals surface area contributed by atoms with E-state index in [0.717, 1.165) is 17.3 Å². The molecule has 0 saturated heterocycles. The maximum absolute atomic E-state index is 12.2. The van der Waals surface area contributed by atoms with Gasteiger partial charge >= 0.3 is 0 Å². The third-order valence-corrected chi connectivity index (χ3v) is 6.11. The van der Waals surface area contributed by atoms with Gasteiger partial charge in [-0.2, -0.15) is 0 Å². The predicted molar refractivity (Wildman–Crippen MR) is 79.0 cm³/mol. The molecule has 1 aromatic carbocycles. The fourth-order valence-electron chi connectivity index (χ4n) is 2.21. The first kappa shape index (κ1) is 14.5. The number of hydrogen-bond donors (Lipinski definition) is 1. The molecule has 1 aromatic rings. The summed E-state index contributed by atoms with van der Waals surface area (Å²) in [5, 5.41) is 0. The van der Waals surface area contributed by atoms with Crippen molar-refractivity contribution in [2.45, 2.75) is 30.6 Å². The Kier molecular flexibility index (Phi) is 4.86. The molecular weight excluding hydrogens is 382 g/mol. The number of rotatable bonds is 4. The monoisotopic (exact) mass is 395 g/mol. The number of nitrogens with one attached hydrogen (secondary N) is 1. The quantitative estimate of drug-likeness (QED) is 0.843. The van der Waals surface area contributed by atoms with E-state index in [1.807, 2.05) is 0 Å².